The van der Waals surface area contributed by atoms with Crippen molar-refractivity contribution in [3.05, 3.63) is 47.0 Å². The van der Waals surface area contributed by atoms with Crippen molar-refractivity contribution in [3.8, 4) is 6.07 Å². The van der Waals surface area contributed by atoms with Crippen molar-refractivity contribution < 1.29 is 9.53 Å². The minimum Gasteiger partial charge on any atom is -0.465 e. The monoisotopic (exact) mass is 286 g/mol. The van der Waals surface area contributed by atoms with Gasteiger partial charge in [-0.3, -0.25) is 0 Å². The molecule has 5 heteroatoms. The molecule has 0 fully saturated rings. The predicted molar refractivity (Wildman–Crippen MR) is 79.1 cm³/mol. The zero-order valence-corrected chi connectivity index (χ0v) is 12.1. The lowest BCUT2D eigenvalue weighted by Crippen LogP contribution is -2.16. The van der Waals surface area contributed by atoms with Crippen molar-refractivity contribution in [3.63, 3.8) is 0 Å². The van der Waals surface area contributed by atoms with Gasteiger partial charge < -0.3 is 9.64 Å². The maximum atomic E-state index is 11.4. The van der Waals surface area contributed by atoms with E-state index in [0.717, 1.165) is 17.3 Å². The van der Waals surface area contributed by atoms with Gasteiger partial charge in [0.05, 0.1) is 17.8 Å². The van der Waals surface area contributed by atoms with Crippen LogP contribution in [0.3, 0.4) is 0 Å². The van der Waals surface area contributed by atoms with Crippen LogP contribution in [0.5, 0.6) is 0 Å². The first-order valence-electron chi connectivity index (χ1n) is 6.16. The van der Waals surface area contributed by atoms with Gasteiger partial charge in [0.2, 0.25) is 0 Å². The first kappa shape index (κ1) is 14.2. The molecular weight excluding hydrogens is 272 g/mol. The number of allylic oxidation sites excluding steroid dienone is 2. The molecule has 0 N–H and O–H groups in total. The fourth-order valence-corrected chi connectivity index (χ4v) is 3.05. The largest absolute Gasteiger partial charge is 0.465 e. The van der Waals surface area contributed by atoms with E-state index in [4.69, 9.17) is 5.26 Å². The Morgan fingerprint density at radius 1 is 1.50 bits per heavy atom. The molecule has 0 aromatic heterocycles. The second kappa shape index (κ2) is 6.31. The van der Waals surface area contributed by atoms with Gasteiger partial charge in [-0.05, 0) is 31.2 Å². The molecule has 0 saturated heterocycles. The molecule has 1 aromatic carbocycles. The molecule has 4 nitrogen and oxygen atoms in total. The summed E-state index contributed by atoms with van der Waals surface area (Å²) in [5, 5.41) is 9.92. The molecule has 1 heterocycles. The molecule has 0 bridgehead atoms. The Labute approximate surface area is 122 Å². The Balaban J connectivity index is 2.31. The molecule has 2 rings (SSSR count). The van der Waals surface area contributed by atoms with Crippen LogP contribution in [-0.4, -0.2) is 19.6 Å². The number of hydrogen-bond donors (Lipinski definition) is 0. The third kappa shape index (κ3) is 2.70. The summed E-state index contributed by atoms with van der Waals surface area (Å²) in [7, 11) is 1.26. The highest BCUT2D eigenvalue weighted by Crippen LogP contribution is 2.45. The van der Waals surface area contributed by atoms with Crippen molar-refractivity contribution in [2.75, 3.05) is 18.6 Å². The summed E-state index contributed by atoms with van der Waals surface area (Å²) < 4.78 is 4.55. The molecule has 0 spiro atoms. The normalized spacial score (nSPS) is 15.9. The van der Waals surface area contributed by atoms with Gasteiger partial charge in [-0.1, -0.05) is 23.9 Å². The molecule has 20 heavy (non-hydrogen) atoms. The number of carbonyl (C=O) groups is 1. The number of para-hydroxylation sites is 1. The van der Waals surface area contributed by atoms with Crippen LogP contribution in [0.1, 0.15) is 6.92 Å². The summed E-state index contributed by atoms with van der Waals surface area (Å²) in [6.45, 7) is 2.88. The fourth-order valence-electron chi connectivity index (χ4n) is 1.92. The second-order valence-corrected chi connectivity index (χ2v) is 5.06. The average molecular weight is 286 g/mol. The number of nitriles is 1. The van der Waals surface area contributed by atoms with Crippen LogP contribution < -0.4 is 4.90 Å². The zero-order valence-electron chi connectivity index (χ0n) is 11.3. The molecule has 1 aliphatic rings. The molecule has 1 aromatic rings. The van der Waals surface area contributed by atoms with E-state index in [2.05, 4.69) is 28.7 Å². The first-order chi connectivity index (χ1) is 9.71. The molecule has 0 atom stereocenters. The van der Waals surface area contributed by atoms with E-state index < -0.39 is 5.97 Å². The lowest BCUT2D eigenvalue weighted by molar-refractivity contribution is -0.135. The van der Waals surface area contributed by atoms with E-state index in [0.29, 0.717) is 0 Å². The van der Waals surface area contributed by atoms with Gasteiger partial charge in [0, 0.05) is 11.4 Å². The number of ether oxygens (including phenoxy) is 1. The van der Waals surface area contributed by atoms with E-state index in [-0.39, 0.29) is 5.57 Å². The zero-order chi connectivity index (χ0) is 14.5. The number of methoxy groups -OCH3 is 1. The molecule has 0 aliphatic carbocycles. The minimum atomic E-state index is -0.618. The maximum absolute atomic E-state index is 11.4. The van der Waals surface area contributed by atoms with Gasteiger partial charge in [0.25, 0.3) is 0 Å². The molecule has 0 radical (unpaired) electrons. The summed E-state index contributed by atoms with van der Waals surface area (Å²) in [6.07, 6.45) is 3.28. The standard InChI is InChI=1S/C15H14N2O2S/c1-3-17-12-6-4-5-7-13(12)20-14(17)9-8-11(10-16)15(18)19-2/h4-9H,3H2,1-2H3. The summed E-state index contributed by atoms with van der Waals surface area (Å²) >= 11 is 1.62. The number of nitrogens with zero attached hydrogens (tertiary/aromatic N) is 2. The number of rotatable bonds is 3. The number of esters is 1. The molecule has 0 unspecified atom stereocenters. The van der Waals surface area contributed by atoms with Crippen LogP contribution >= 0.6 is 11.8 Å². The average Bonchev–Trinajstić information content (AvgIpc) is 2.84. The Hall–Kier alpha value is -2.19. The quantitative estimate of drug-likeness (QED) is 0.485. The predicted octanol–water partition coefficient (Wildman–Crippen LogP) is 3.08. The van der Waals surface area contributed by atoms with E-state index in [1.54, 1.807) is 17.8 Å². The van der Waals surface area contributed by atoms with Gasteiger partial charge in [-0.2, -0.15) is 5.26 Å². The molecule has 0 amide bonds. The summed E-state index contributed by atoms with van der Waals surface area (Å²) in [6, 6.07) is 9.95. The van der Waals surface area contributed by atoms with Gasteiger partial charge in [-0.25, -0.2) is 4.79 Å². The van der Waals surface area contributed by atoms with Gasteiger partial charge in [-0.15, -0.1) is 0 Å². The van der Waals surface area contributed by atoms with E-state index in [9.17, 15) is 4.79 Å². The minimum absolute atomic E-state index is 0.00684. The van der Waals surface area contributed by atoms with Crippen molar-refractivity contribution in [1.29, 1.82) is 5.26 Å². The fraction of sp³-hybridized carbons (Fsp3) is 0.200. The van der Waals surface area contributed by atoms with Gasteiger partial charge in [0.15, 0.2) is 0 Å². The maximum Gasteiger partial charge on any atom is 0.348 e. The van der Waals surface area contributed by atoms with Crippen LogP contribution in [0.2, 0.25) is 0 Å². The third-order valence-corrected chi connectivity index (χ3v) is 4.00. The van der Waals surface area contributed by atoms with E-state index >= 15 is 0 Å². The highest BCUT2D eigenvalue weighted by Gasteiger charge is 2.22. The second-order valence-electron chi connectivity index (χ2n) is 4.00. The third-order valence-electron chi connectivity index (χ3n) is 2.87. The summed E-state index contributed by atoms with van der Waals surface area (Å²) in [5.41, 5.74) is 1.14. The Morgan fingerprint density at radius 2 is 2.25 bits per heavy atom. The Kier molecular flexibility index (Phi) is 4.49. The lowest BCUT2D eigenvalue weighted by atomic mass is 10.2. The summed E-state index contributed by atoms with van der Waals surface area (Å²) in [5.74, 6) is -0.618. The number of thioether (sulfide) groups is 1. The first-order valence-corrected chi connectivity index (χ1v) is 6.97. The number of benzene rings is 1. The molecule has 0 saturated carbocycles. The smallest absolute Gasteiger partial charge is 0.348 e. The number of anilines is 1. The van der Waals surface area contributed by atoms with Crippen molar-refractivity contribution in [2.45, 2.75) is 11.8 Å². The van der Waals surface area contributed by atoms with Crippen LogP contribution in [0, 0.1) is 11.3 Å². The lowest BCUT2D eigenvalue weighted by Gasteiger charge is -2.17. The van der Waals surface area contributed by atoms with Crippen LogP contribution in [0.4, 0.5) is 5.69 Å². The number of hydrogen-bond acceptors (Lipinski definition) is 5. The Morgan fingerprint density at radius 3 is 2.90 bits per heavy atom. The van der Waals surface area contributed by atoms with Crippen molar-refractivity contribution >= 4 is 23.4 Å². The van der Waals surface area contributed by atoms with Gasteiger partial charge >= 0.3 is 5.97 Å². The highest BCUT2D eigenvalue weighted by molar-refractivity contribution is 8.03. The molecular formula is C15H14N2O2S. The number of carbonyl (C=O) groups excluding carboxylic acids is 1. The number of fused-ring (bicyclic) bond motifs is 1. The van der Waals surface area contributed by atoms with Crippen molar-refractivity contribution in [1.82, 2.24) is 0 Å². The van der Waals surface area contributed by atoms with Gasteiger partial charge in [0.1, 0.15) is 11.6 Å². The summed E-state index contributed by atoms with van der Waals surface area (Å²) in [4.78, 5) is 14.7. The molecule has 1 aliphatic heterocycles. The van der Waals surface area contributed by atoms with E-state index in [1.807, 2.05) is 18.2 Å². The Bertz CT molecular complexity index is 629. The highest BCUT2D eigenvalue weighted by atomic mass is 32.2. The van der Waals surface area contributed by atoms with E-state index in [1.165, 1.54) is 18.1 Å². The molecule has 102 valence electrons. The van der Waals surface area contributed by atoms with Crippen LogP contribution in [0.25, 0.3) is 0 Å². The van der Waals surface area contributed by atoms with Crippen molar-refractivity contribution in [2.24, 2.45) is 0 Å². The van der Waals surface area contributed by atoms with Crippen LogP contribution in [0.15, 0.2) is 51.9 Å². The van der Waals surface area contributed by atoms with Crippen LogP contribution in [-0.2, 0) is 9.53 Å². The SMILES string of the molecule is CCN1C(=CC=C(C#N)C(=O)OC)Sc2ccccc21. The topological polar surface area (TPSA) is 53.3 Å².